The number of nitrogens with one attached hydrogen (secondary N) is 4. The van der Waals surface area contributed by atoms with Gasteiger partial charge in [-0.1, -0.05) is 20.8 Å². The maximum Gasteiger partial charge on any atom is 0.305 e. The van der Waals surface area contributed by atoms with Crippen molar-refractivity contribution in [2.75, 3.05) is 19.6 Å². The summed E-state index contributed by atoms with van der Waals surface area (Å²) in [6.45, 7) is 5.04. The highest BCUT2D eigenvalue weighted by atomic mass is 32.2. The number of carbonyl (C=O) groups excluding carboxylic acids is 4. The largest absolute Gasteiger partial charge is 0.481 e. The summed E-state index contributed by atoms with van der Waals surface area (Å²) < 4.78 is 0. The van der Waals surface area contributed by atoms with E-state index in [2.05, 4.69) is 21.3 Å². The van der Waals surface area contributed by atoms with Crippen molar-refractivity contribution in [3.8, 4) is 0 Å². The van der Waals surface area contributed by atoms with Crippen LogP contribution in [0.3, 0.4) is 0 Å². The molecule has 4 amide bonds. The van der Waals surface area contributed by atoms with Gasteiger partial charge in [0.15, 0.2) is 0 Å². The smallest absolute Gasteiger partial charge is 0.305 e. The number of amides is 4. The van der Waals surface area contributed by atoms with Crippen LogP contribution in [0.2, 0.25) is 0 Å². The highest BCUT2D eigenvalue weighted by molar-refractivity contribution is 8.01. The van der Waals surface area contributed by atoms with E-state index in [1.54, 1.807) is 20.8 Å². The van der Waals surface area contributed by atoms with E-state index in [0.29, 0.717) is 6.42 Å². The van der Waals surface area contributed by atoms with Crippen molar-refractivity contribution >= 4 is 47.3 Å². The lowest BCUT2D eigenvalue weighted by molar-refractivity contribution is -0.139. The molecule has 0 aliphatic rings. The zero-order valence-electron chi connectivity index (χ0n) is 18.4. The Bertz CT molecular complexity index is 686. The molecule has 0 fully saturated rings. The fraction of sp³-hybridized carbons (Fsp3) is 0.684. The minimum Gasteiger partial charge on any atom is -0.481 e. The van der Waals surface area contributed by atoms with E-state index >= 15 is 0 Å². The van der Waals surface area contributed by atoms with Gasteiger partial charge in [0.25, 0.3) is 0 Å². The summed E-state index contributed by atoms with van der Waals surface area (Å²) in [6, 6.07) is -1.16. The van der Waals surface area contributed by atoms with Gasteiger partial charge in [0.05, 0.1) is 18.2 Å². The van der Waals surface area contributed by atoms with Crippen LogP contribution < -0.4 is 21.3 Å². The second-order valence-electron chi connectivity index (χ2n) is 7.04. The molecule has 12 nitrogen and oxygen atoms in total. The quantitative estimate of drug-likeness (QED) is 0.153. The Labute approximate surface area is 190 Å². The van der Waals surface area contributed by atoms with Gasteiger partial charge in [0, 0.05) is 25.9 Å². The lowest BCUT2D eigenvalue weighted by atomic mass is 10.1. The number of thioether (sulfide) groups is 1. The summed E-state index contributed by atoms with van der Waals surface area (Å²) in [5, 5.41) is 26.7. The van der Waals surface area contributed by atoms with Crippen LogP contribution in [0.15, 0.2) is 0 Å². The molecule has 0 aromatic rings. The van der Waals surface area contributed by atoms with E-state index in [4.69, 9.17) is 10.2 Å². The van der Waals surface area contributed by atoms with Gasteiger partial charge in [-0.2, -0.15) is 0 Å². The molecule has 32 heavy (non-hydrogen) atoms. The molecule has 2 atom stereocenters. The zero-order valence-corrected chi connectivity index (χ0v) is 19.3. The van der Waals surface area contributed by atoms with E-state index < -0.39 is 53.9 Å². The number of rotatable bonds is 16. The third-order valence-electron chi connectivity index (χ3n) is 3.88. The number of hydrogen-bond acceptors (Lipinski definition) is 7. The lowest BCUT2D eigenvalue weighted by Crippen LogP contribution is -2.51. The van der Waals surface area contributed by atoms with E-state index in [0.717, 1.165) is 11.8 Å². The Hall–Kier alpha value is -2.83. The summed E-state index contributed by atoms with van der Waals surface area (Å²) in [4.78, 5) is 69.7. The first-order valence-electron chi connectivity index (χ1n) is 10.2. The van der Waals surface area contributed by atoms with Gasteiger partial charge in [-0.15, -0.1) is 11.8 Å². The van der Waals surface area contributed by atoms with Crippen molar-refractivity contribution in [1.29, 1.82) is 0 Å². The maximum absolute atomic E-state index is 12.3. The molecule has 0 aliphatic carbocycles. The first-order chi connectivity index (χ1) is 15.0. The Balaban J connectivity index is 4.79. The summed E-state index contributed by atoms with van der Waals surface area (Å²) >= 11 is 1.15. The van der Waals surface area contributed by atoms with Gasteiger partial charge in [-0.05, 0) is 11.7 Å². The summed E-state index contributed by atoms with van der Waals surface area (Å²) in [7, 11) is 0. The Morgan fingerprint density at radius 3 is 2.00 bits per heavy atom. The fourth-order valence-electron chi connectivity index (χ4n) is 2.39. The standard InChI is InChI=1S/C19H32N4O8S/c1-4-14(24)20-7-8-21-18(30)12(5-6-16(26)27)23-15(25)10-22-19(31)13(9-17(28)29)32-11(2)3/h11-13H,4-10H2,1-3H3,(H,20,24)(H,21,30)(H,22,31)(H,23,25)(H,26,27)(H,28,29)/t12-,13?/m1/s1. The molecule has 0 aromatic heterocycles. The number of carboxylic acids is 2. The first kappa shape index (κ1) is 29.2. The maximum atomic E-state index is 12.3. The van der Waals surface area contributed by atoms with Crippen LogP contribution in [0.1, 0.15) is 46.5 Å². The van der Waals surface area contributed by atoms with Crippen molar-refractivity contribution in [3.63, 3.8) is 0 Å². The van der Waals surface area contributed by atoms with Gasteiger partial charge in [0.2, 0.25) is 23.6 Å². The van der Waals surface area contributed by atoms with Crippen LogP contribution in [0.25, 0.3) is 0 Å². The monoisotopic (exact) mass is 476 g/mol. The highest BCUT2D eigenvalue weighted by Crippen LogP contribution is 2.20. The molecule has 0 rings (SSSR count). The molecule has 0 saturated heterocycles. The molecule has 13 heteroatoms. The number of aliphatic carboxylic acids is 2. The van der Waals surface area contributed by atoms with E-state index in [1.807, 2.05) is 0 Å². The van der Waals surface area contributed by atoms with Crippen molar-refractivity contribution in [2.45, 2.75) is 63.0 Å². The van der Waals surface area contributed by atoms with Crippen LogP contribution >= 0.6 is 11.8 Å². The van der Waals surface area contributed by atoms with Gasteiger partial charge >= 0.3 is 11.9 Å². The third-order valence-corrected chi connectivity index (χ3v) is 5.13. The van der Waals surface area contributed by atoms with Crippen LogP contribution in [0, 0.1) is 0 Å². The third kappa shape index (κ3) is 14.2. The molecule has 0 heterocycles. The topological polar surface area (TPSA) is 191 Å². The average molecular weight is 477 g/mol. The second kappa shape index (κ2) is 15.9. The summed E-state index contributed by atoms with van der Waals surface area (Å²) in [5.74, 6) is -4.48. The molecule has 0 saturated carbocycles. The molecule has 0 spiro atoms. The average Bonchev–Trinajstić information content (AvgIpc) is 2.70. The SMILES string of the molecule is CCC(=O)NCCNC(=O)[C@@H](CCC(=O)O)NC(=O)CNC(=O)C(CC(=O)O)SC(C)C. The summed E-state index contributed by atoms with van der Waals surface area (Å²) in [6.07, 6.45) is -0.662. The number of hydrogen-bond donors (Lipinski definition) is 6. The van der Waals surface area contributed by atoms with E-state index in [-0.39, 0.29) is 37.1 Å². The van der Waals surface area contributed by atoms with Crippen LogP contribution in [-0.2, 0) is 28.8 Å². The van der Waals surface area contributed by atoms with Gasteiger partial charge in [-0.25, -0.2) is 0 Å². The van der Waals surface area contributed by atoms with Crippen LogP contribution in [0.4, 0.5) is 0 Å². The van der Waals surface area contributed by atoms with Gasteiger partial charge in [0.1, 0.15) is 6.04 Å². The molecular weight excluding hydrogens is 444 g/mol. The van der Waals surface area contributed by atoms with E-state index in [1.165, 1.54) is 0 Å². The molecule has 0 bridgehead atoms. The highest BCUT2D eigenvalue weighted by Gasteiger charge is 2.25. The second-order valence-corrected chi connectivity index (χ2v) is 8.82. The van der Waals surface area contributed by atoms with Gasteiger partial charge < -0.3 is 31.5 Å². The van der Waals surface area contributed by atoms with Gasteiger partial charge in [-0.3, -0.25) is 28.8 Å². The molecule has 182 valence electrons. The van der Waals surface area contributed by atoms with Crippen LogP contribution in [-0.4, -0.2) is 82.0 Å². The van der Waals surface area contributed by atoms with Crippen molar-refractivity contribution in [3.05, 3.63) is 0 Å². The molecule has 1 unspecified atom stereocenters. The lowest BCUT2D eigenvalue weighted by Gasteiger charge is -2.19. The Morgan fingerprint density at radius 2 is 1.47 bits per heavy atom. The molecular formula is C19H32N4O8S. The summed E-state index contributed by atoms with van der Waals surface area (Å²) in [5.41, 5.74) is 0. The number of carboxylic acid groups (broad SMARTS) is 2. The molecule has 6 N–H and O–H groups in total. The van der Waals surface area contributed by atoms with E-state index in [9.17, 15) is 28.8 Å². The fourth-order valence-corrected chi connectivity index (χ4v) is 3.49. The van der Waals surface area contributed by atoms with Crippen molar-refractivity contribution in [1.82, 2.24) is 21.3 Å². The Morgan fingerprint density at radius 1 is 0.844 bits per heavy atom. The molecule has 0 radical (unpaired) electrons. The predicted molar refractivity (Wildman–Crippen MR) is 117 cm³/mol. The molecule has 0 aromatic carbocycles. The molecule has 0 aliphatic heterocycles. The minimum atomic E-state index is -1.16. The minimum absolute atomic E-state index is 0.00914. The number of carbonyl (C=O) groups is 6. The first-order valence-corrected chi connectivity index (χ1v) is 11.1. The van der Waals surface area contributed by atoms with Crippen molar-refractivity contribution < 1.29 is 39.0 Å². The van der Waals surface area contributed by atoms with Crippen LogP contribution in [0.5, 0.6) is 0 Å². The van der Waals surface area contributed by atoms with Crippen molar-refractivity contribution in [2.24, 2.45) is 0 Å². The normalized spacial score (nSPS) is 12.4. The zero-order chi connectivity index (χ0) is 24.7. The predicted octanol–water partition coefficient (Wildman–Crippen LogP) is -0.920. The Kier molecular flexibility index (Phi) is 14.5.